The number of urea groups is 1. The Kier molecular flexibility index (Phi) is 13.1. The number of likely N-dealkylation sites (tertiary alicyclic amines) is 2. The van der Waals surface area contributed by atoms with Crippen LogP contribution in [-0.2, 0) is 32.4 Å². The number of piperidine rings is 2. The molecule has 3 saturated heterocycles. The van der Waals surface area contributed by atoms with Crippen molar-refractivity contribution in [2.24, 2.45) is 5.92 Å². The lowest BCUT2D eigenvalue weighted by Crippen LogP contribution is -2.54. The highest BCUT2D eigenvalue weighted by Crippen LogP contribution is 2.26. The van der Waals surface area contributed by atoms with E-state index in [-0.39, 0.29) is 30.0 Å². The first kappa shape index (κ1) is 39.3. The van der Waals surface area contributed by atoms with Crippen LogP contribution in [0.3, 0.4) is 0 Å². The molecule has 0 bridgehead atoms. The number of para-hydroxylation sites is 1. The van der Waals surface area contributed by atoms with Crippen LogP contribution >= 0.6 is 0 Å². The number of nitrogen functional groups attached to an aromatic ring is 1. The van der Waals surface area contributed by atoms with Crippen LogP contribution in [0.15, 0.2) is 36.4 Å². The van der Waals surface area contributed by atoms with Gasteiger partial charge in [0.15, 0.2) is 0 Å². The van der Waals surface area contributed by atoms with Crippen LogP contribution in [0.25, 0.3) is 0 Å². The van der Waals surface area contributed by atoms with E-state index in [1.54, 1.807) is 9.21 Å². The quantitative estimate of drug-likeness (QED) is 0.424. The smallest absolute Gasteiger partial charge is 0.409 e. The lowest BCUT2D eigenvalue weighted by atomic mass is 9.94. The fraction of sp³-hybridized carbons (Fsp3) is 0.605. The van der Waals surface area contributed by atoms with E-state index in [1.165, 1.54) is 24.5 Å². The zero-order chi connectivity index (χ0) is 37.6. The number of methoxy groups -OCH3 is 1. The van der Waals surface area contributed by atoms with Crippen LogP contribution in [0.5, 0.6) is 0 Å². The molecule has 1 atom stereocenters. The topological polar surface area (TPSA) is 149 Å². The molecule has 14 heteroatoms. The molecule has 286 valence electrons. The lowest BCUT2D eigenvalue weighted by Gasteiger charge is -2.42. The standard InChI is InChI=1S/C22H36N4O3S.C16H21N3O3/c1-16-13-19(14-17(2)21(16)23)15-18(3)22(27)25-7-5-20(6-8-25)24-9-11-26(12-10-24)30(4,28)29;1-22-16(21)18-9-7-13(8-10-18)19-11-6-12-4-2-3-5-14(12)17-15(19)20/h13-14,18,20H,5-12,15,23H2,1-4H3;2-5,13H,6-11H2,1H3,(H,17,20)/t18-;/m1./s1. The summed E-state index contributed by atoms with van der Waals surface area (Å²) in [5, 5.41) is 3.00. The molecule has 0 aromatic heterocycles. The monoisotopic (exact) mass is 739 g/mol. The number of nitrogens with two attached hydrogens (primary N) is 1. The van der Waals surface area contributed by atoms with Crippen molar-refractivity contribution in [3.8, 4) is 0 Å². The summed E-state index contributed by atoms with van der Waals surface area (Å²) in [6.07, 6.45) is 6.07. The minimum absolute atomic E-state index is 0.0403. The molecular weight excluding hydrogens is 683 g/mol. The fourth-order valence-corrected chi connectivity index (χ4v) is 8.84. The number of amides is 4. The van der Waals surface area contributed by atoms with Gasteiger partial charge in [0.1, 0.15) is 0 Å². The number of nitrogens with zero attached hydrogens (tertiary/aromatic N) is 5. The molecule has 3 fully saturated rings. The molecule has 4 amide bonds. The van der Waals surface area contributed by atoms with E-state index in [2.05, 4.69) is 28.4 Å². The molecule has 52 heavy (non-hydrogen) atoms. The van der Waals surface area contributed by atoms with Crippen LogP contribution < -0.4 is 11.1 Å². The number of anilines is 2. The van der Waals surface area contributed by atoms with E-state index in [1.807, 2.05) is 48.8 Å². The van der Waals surface area contributed by atoms with Crippen molar-refractivity contribution in [1.82, 2.24) is 23.9 Å². The first-order chi connectivity index (χ1) is 24.7. The molecular formula is C38H57N7O6S. The van der Waals surface area contributed by atoms with E-state index in [0.717, 1.165) is 87.2 Å². The number of carbonyl (C=O) groups excluding carboxylic acids is 3. The molecule has 2 aromatic carbocycles. The molecule has 4 aliphatic heterocycles. The summed E-state index contributed by atoms with van der Waals surface area (Å²) < 4.78 is 29.7. The molecule has 0 aliphatic carbocycles. The summed E-state index contributed by atoms with van der Waals surface area (Å²) in [4.78, 5) is 45.0. The number of hydrogen-bond acceptors (Lipinski definition) is 8. The Morgan fingerprint density at radius 2 is 1.46 bits per heavy atom. The number of hydrogen-bond donors (Lipinski definition) is 2. The second-order valence-corrected chi connectivity index (χ2v) is 16.7. The molecule has 0 spiro atoms. The van der Waals surface area contributed by atoms with E-state index in [4.69, 9.17) is 10.5 Å². The second kappa shape index (κ2) is 17.3. The molecule has 0 saturated carbocycles. The van der Waals surface area contributed by atoms with Crippen LogP contribution in [0.4, 0.5) is 21.0 Å². The Morgan fingerprint density at radius 1 is 0.885 bits per heavy atom. The first-order valence-corrected chi connectivity index (χ1v) is 20.4. The Balaban J connectivity index is 0.000000210. The Morgan fingerprint density at radius 3 is 2.06 bits per heavy atom. The second-order valence-electron chi connectivity index (χ2n) is 14.7. The van der Waals surface area contributed by atoms with E-state index in [0.29, 0.717) is 38.8 Å². The summed E-state index contributed by atoms with van der Waals surface area (Å²) in [6.45, 7) is 12.3. The van der Waals surface area contributed by atoms with Gasteiger partial charge in [0.25, 0.3) is 0 Å². The summed E-state index contributed by atoms with van der Waals surface area (Å²) in [5.74, 6) is 0.171. The Bertz CT molecular complexity index is 1660. The third kappa shape index (κ3) is 9.75. The van der Waals surface area contributed by atoms with Crippen LogP contribution in [0.2, 0.25) is 0 Å². The predicted molar refractivity (Wildman–Crippen MR) is 204 cm³/mol. The third-order valence-corrected chi connectivity index (χ3v) is 12.4. The molecule has 13 nitrogen and oxygen atoms in total. The number of carbonyl (C=O) groups is 3. The average molecular weight is 740 g/mol. The van der Waals surface area contributed by atoms with Crippen molar-refractivity contribution in [3.05, 3.63) is 58.7 Å². The molecule has 0 radical (unpaired) electrons. The number of benzene rings is 2. The predicted octanol–water partition coefficient (Wildman–Crippen LogP) is 3.94. The first-order valence-electron chi connectivity index (χ1n) is 18.6. The van der Waals surface area contributed by atoms with Gasteiger partial charge in [0.2, 0.25) is 15.9 Å². The van der Waals surface area contributed by atoms with Crippen molar-refractivity contribution in [2.75, 3.05) is 83.3 Å². The van der Waals surface area contributed by atoms with Gasteiger partial charge in [-0.25, -0.2) is 18.0 Å². The highest BCUT2D eigenvalue weighted by Gasteiger charge is 2.33. The number of fused-ring (bicyclic) bond motifs is 1. The summed E-state index contributed by atoms with van der Waals surface area (Å²) in [7, 11) is -1.70. The van der Waals surface area contributed by atoms with Gasteiger partial charge in [0, 0.05) is 88.3 Å². The van der Waals surface area contributed by atoms with Crippen LogP contribution in [0.1, 0.15) is 54.9 Å². The highest BCUT2D eigenvalue weighted by molar-refractivity contribution is 7.88. The number of sulfonamides is 1. The van der Waals surface area contributed by atoms with Gasteiger partial charge in [-0.3, -0.25) is 9.69 Å². The fourth-order valence-electron chi connectivity index (χ4n) is 8.01. The number of aryl methyl sites for hydroxylation is 2. The summed E-state index contributed by atoms with van der Waals surface area (Å²) in [6, 6.07) is 12.7. The van der Waals surface area contributed by atoms with E-state index in [9.17, 15) is 22.8 Å². The zero-order valence-corrected chi connectivity index (χ0v) is 32.3. The van der Waals surface area contributed by atoms with Gasteiger partial charge < -0.3 is 30.5 Å². The van der Waals surface area contributed by atoms with Gasteiger partial charge in [-0.15, -0.1) is 0 Å². The number of ether oxygens (including phenoxy) is 1. The van der Waals surface area contributed by atoms with Crippen molar-refractivity contribution in [2.45, 2.75) is 71.4 Å². The molecule has 4 heterocycles. The third-order valence-electron chi connectivity index (χ3n) is 11.1. The minimum atomic E-state index is -3.10. The van der Waals surface area contributed by atoms with Crippen LogP contribution in [-0.4, -0.2) is 135 Å². The molecule has 2 aromatic rings. The number of rotatable bonds is 6. The van der Waals surface area contributed by atoms with Crippen molar-refractivity contribution >= 4 is 39.4 Å². The Hall–Kier alpha value is -3.88. The largest absolute Gasteiger partial charge is 0.453 e. The van der Waals surface area contributed by atoms with Crippen molar-refractivity contribution in [1.29, 1.82) is 0 Å². The number of piperazine rings is 1. The SMILES string of the molecule is COC(=O)N1CCC(N2CCc3ccccc3NC2=O)CC1.Cc1cc(C[C@@H](C)C(=O)N2CCC(N3CCN(S(C)(=O)=O)CC3)CC2)cc(C)c1N. The van der Waals surface area contributed by atoms with Gasteiger partial charge in [-0.1, -0.05) is 37.3 Å². The summed E-state index contributed by atoms with van der Waals surface area (Å²) >= 11 is 0. The molecule has 0 unspecified atom stereocenters. The molecule has 6 rings (SSSR count). The molecule has 3 N–H and O–H groups in total. The lowest BCUT2D eigenvalue weighted by molar-refractivity contribution is -0.136. The van der Waals surface area contributed by atoms with Crippen molar-refractivity contribution in [3.63, 3.8) is 0 Å². The highest BCUT2D eigenvalue weighted by atomic mass is 32.2. The maximum absolute atomic E-state index is 13.0. The Labute approximate surface area is 309 Å². The molecule has 4 aliphatic rings. The normalized spacial score (nSPS) is 20.2. The van der Waals surface area contributed by atoms with Gasteiger partial charge in [0.05, 0.1) is 13.4 Å². The van der Waals surface area contributed by atoms with E-state index < -0.39 is 10.0 Å². The zero-order valence-electron chi connectivity index (χ0n) is 31.5. The average Bonchev–Trinajstić information content (AvgIpc) is 3.31. The van der Waals surface area contributed by atoms with E-state index >= 15 is 0 Å². The summed E-state index contributed by atoms with van der Waals surface area (Å²) in [5.41, 5.74) is 12.3. The van der Waals surface area contributed by atoms with Crippen LogP contribution in [0, 0.1) is 19.8 Å². The van der Waals surface area contributed by atoms with Gasteiger partial charge in [-0.2, -0.15) is 4.31 Å². The minimum Gasteiger partial charge on any atom is -0.453 e. The number of nitrogens with one attached hydrogen (secondary N) is 1. The van der Waals surface area contributed by atoms with Gasteiger partial charge >= 0.3 is 12.1 Å². The van der Waals surface area contributed by atoms with Gasteiger partial charge in [-0.05, 0) is 80.7 Å². The van der Waals surface area contributed by atoms with Crippen molar-refractivity contribution < 1.29 is 27.5 Å². The maximum atomic E-state index is 13.0. The maximum Gasteiger partial charge on any atom is 0.409 e.